The van der Waals surface area contributed by atoms with E-state index >= 15 is 0 Å². The molecule has 82 valence electrons. The van der Waals surface area contributed by atoms with Gasteiger partial charge in [-0.25, -0.2) is 0 Å². The van der Waals surface area contributed by atoms with Crippen molar-refractivity contribution in [1.82, 2.24) is 5.32 Å². The van der Waals surface area contributed by atoms with Crippen molar-refractivity contribution in [2.45, 2.75) is 18.5 Å². The van der Waals surface area contributed by atoms with Crippen LogP contribution in [-0.2, 0) is 14.2 Å². The zero-order chi connectivity index (χ0) is 10.0. The van der Waals surface area contributed by atoms with Gasteiger partial charge in [0.15, 0.2) is 12.1 Å². The second-order valence-electron chi connectivity index (χ2n) is 3.70. The van der Waals surface area contributed by atoms with E-state index in [9.17, 15) is 5.11 Å². The average Bonchev–Trinajstić information content (AvgIpc) is 2.67. The third-order valence-electron chi connectivity index (χ3n) is 2.94. The maximum atomic E-state index is 9.69. The van der Waals surface area contributed by atoms with E-state index in [1.165, 1.54) is 7.11 Å². The van der Waals surface area contributed by atoms with Gasteiger partial charge in [0, 0.05) is 26.6 Å². The van der Waals surface area contributed by atoms with E-state index in [0.29, 0.717) is 19.8 Å². The Morgan fingerprint density at radius 2 is 2.21 bits per heavy atom. The molecule has 0 aromatic heterocycles. The van der Waals surface area contributed by atoms with Gasteiger partial charge in [0.1, 0.15) is 0 Å². The molecule has 0 saturated carbocycles. The predicted octanol–water partition coefficient (Wildman–Crippen LogP) is -0.696. The molecular formula is C9H17NO4. The molecule has 2 saturated heterocycles. The van der Waals surface area contributed by atoms with Crippen molar-refractivity contribution >= 4 is 0 Å². The van der Waals surface area contributed by atoms with E-state index in [0.717, 1.165) is 13.0 Å². The number of hydrogen-bond donors (Lipinski definition) is 2. The molecule has 2 aliphatic rings. The summed E-state index contributed by atoms with van der Waals surface area (Å²) in [6.07, 6.45) is -0.0705. The maximum Gasteiger partial charge on any atom is 0.178 e. The fraction of sp³-hybridized carbons (Fsp3) is 1.00. The summed E-state index contributed by atoms with van der Waals surface area (Å²) in [5.41, 5.74) is 0. The van der Waals surface area contributed by atoms with E-state index in [1.54, 1.807) is 0 Å². The summed E-state index contributed by atoms with van der Waals surface area (Å²) in [6, 6.07) is 0. The van der Waals surface area contributed by atoms with Crippen molar-refractivity contribution in [3.8, 4) is 0 Å². The monoisotopic (exact) mass is 203 g/mol. The van der Waals surface area contributed by atoms with E-state index in [-0.39, 0.29) is 5.92 Å². The van der Waals surface area contributed by atoms with Gasteiger partial charge in [0.2, 0.25) is 0 Å². The van der Waals surface area contributed by atoms with Crippen molar-refractivity contribution in [1.29, 1.82) is 0 Å². The molecule has 2 fully saturated rings. The average molecular weight is 203 g/mol. The topological polar surface area (TPSA) is 60.0 Å². The number of aliphatic hydroxyl groups is 1. The lowest BCUT2D eigenvalue weighted by Crippen LogP contribution is -2.55. The lowest BCUT2D eigenvalue weighted by atomic mass is 9.91. The van der Waals surface area contributed by atoms with Gasteiger partial charge in [-0.15, -0.1) is 0 Å². The molecule has 2 aliphatic heterocycles. The molecular weight excluding hydrogens is 186 g/mol. The summed E-state index contributed by atoms with van der Waals surface area (Å²) in [6.45, 7) is 2.72. The highest BCUT2D eigenvalue weighted by Gasteiger charge is 2.49. The Morgan fingerprint density at radius 1 is 1.50 bits per heavy atom. The number of methoxy groups -OCH3 is 1. The number of piperidine rings is 1. The minimum Gasteiger partial charge on any atom is -0.367 e. The molecule has 5 nitrogen and oxygen atoms in total. The fourth-order valence-electron chi connectivity index (χ4n) is 2.17. The molecule has 2 rings (SSSR count). The van der Waals surface area contributed by atoms with E-state index < -0.39 is 12.1 Å². The van der Waals surface area contributed by atoms with Crippen LogP contribution in [0.2, 0.25) is 0 Å². The largest absolute Gasteiger partial charge is 0.367 e. The van der Waals surface area contributed by atoms with Crippen LogP contribution < -0.4 is 5.32 Å². The van der Waals surface area contributed by atoms with Gasteiger partial charge in [0.25, 0.3) is 0 Å². The maximum absolute atomic E-state index is 9.69. The zero-order valence-corrected chi connectivity index (χ0v) is 8.36. The minimum absolute atomic E-state index is 0.149. The lowest BCUT2D eigenvalue weighted by Gasteiger charge is -2.41. The molecule has 1 spiro atoms. The molecule has 5 heteroatoms. The number of ether oxygens (including phenoxy) is 3. The van der Waals surface area contributed by atoms with Gasteiger partial charge in [0.05, 0.1) is 19.1 Å². The SMILES string of the molecule is COC(O)C1CNCCC12OCCO2. The van der Waals surface area contributed by atoms with E-state index in [4.69, 9.17) is 14.2 Å². The molecule has 0 bridgehead atoms. The quantitative estimate of drug-likeness (QED) is 0.581. The number of nitrogens with one attached hydrogen (secondary N) is 1. The van der Waals surface area contributed by atoms with E-state index in [2.05, 4.69) is 5.32 Å². The summed E-state index contributed by atoms with van der Waals surface area (Å²) in [5.74, 6) is -0.774. The molecule has 0 amide bonds. The first-order valence-corrected chi connectivity index (χ1v) is 4.98. The Balaban J connectivity index is 2.10. The van der Waals surface area contributed by atoms with Crippen molar-refractivity contribution < 1.29 is 19.3 Å². The molecule has 2 unspecified atom stereocenters. The van der Waals surface area contributed by atoms with Crippen LogP contribution in [0.4, 0.5) is 0 Å². The third kappa shape index (κ3) is 1.66. The van der Waals surface area contributed by atoms with Gasteiger partial charge >= 0.3 is 0 Å². The van der Waals surface area contributed by atoms with E-state index in [1.807, 2.05) is 0 Å². The first-order chi connectivity index (χ1) is 6.78. The minimum atomic E-state index is -0.833. The fourth-order valence-corrected chi connectivity index (χ4v) is 2.17. The Bertz CT molecular complexity index is 193. The lowest BCUT2D eigenvalue weighted by molar-refractivity contribution is -0.263. The second-order valence-corrected chi connectivity index (χ2v) is 3.70. The number of aliphatic hydroxyl groups excluding tert-OH is 1. The normalized spacial score (nSPS) is 33.4. The Kier molecular flexibility index (Phi) is 3.04. The molecule has 0 aliphatic carbocycles. The molecule has 14 heavy (non-hydrogen) atoms. The third-order valence-corrected chi connectivity index (χ3v) is 2.94. The number of rotatable bonds is 2. The zero-order valence-electron chi connectivity index (χ0n) is 8.36. The summed E-state index contributed by atoms with van der Waals surface area (Å²) in [7, 11) is 1.49. The Hall–Kier alpha value is -0.200. The van der Waals surface area contributed by atoms with Gasteiger partial charge in [-0.05, 0) is 0 Å². The summed E-state index contributed by atoms with van der Waals surface area (Å²) < 4.78 is 16.2. The van der Waals surface area contributed by atoms with Crippen LogP contribution in [-0.4, -0.2) is 50.6 Å². The molecule has 2 heterocycles. The molecule has 0 radical (unpaired) electrons. The molecule has 0 aromatic carbocycles. The van der Waals surface area contributed by atoms with Crippen molar-refractivity contribution in [2.75, 3.05) is 33.4 Å². The smallest absolute Gasteiger partial charge is 0.178 e. The van der Waals surface area contributed by atoms with Crippen LogP contribution in [0.15, 0.2) is 0 Å². The predicted molar refractivity (Wildman–Crippen MR) is 48.6 cm³/mol. The van der Waals surface area contributed by atoms with Crippen molar-refractivity contribution in [3.05, 3.63) is 0 Å². The van der Waals surface area contributed by atoms with Crippen LogP contribution in [0, 0.1) is 5.92 Å². The second kappa shape index (κ2) is 4.12. The summed E-state index contributed by atoms with van der Waals surface area (Å²) >= 11 is 0. The van der Waals surface area contributed by atoms with Crippen LogP contribution >= 0.6 is 0 Å². The number of hydrogen-bond acceptors (Lipinski definition) is 5. The van der Waals surface area contributed by atoms with Crippen molar-refractivity contribution in [3.63, 3.8) is 0 Å². The highest BCUT2D eigenvalue weighted by molar-refractivity contribution is 4.90. The van der Waals surface area contributed by atoms with Gasteiger partial charge in [-0.2, -0.15) is 0 Å². The molecule has 2 atom stereocenters. The van der Waals surface area contributed by atoms with Crippen LogP contribution in [0.3, 0.4) is 0 Å². The van der Waals surface area contributed by atoms with Gasteiger partial charge < -0.3 is 24.6 Å². The summed E-state index contributed by atoms with van der Waals surface area (Å²) in [5, 5.41) is 12.9. The summed E-state index contributed by atoms with van der Waals surface area (Å²) in [4.78, 5) is 0. The molecule has 0 aromatic rings. The molecule has 2 N–H and O–H groups in total. The highest BCUT2D eigenvalue weighted by Crippen LogP contribution is 2.35. The standard InChI is InChI=1S/C9H17NO4/c1-12-8(11)7-6-10-3-2-9(7)13-4-5-14-9/h7-8,10-11H,2-6H2,1H3. The first kappa shape index (κ1) is 10.3. The van der Waals surface area contributed by atoms with Gasteiger partial charge in [-0.3, -0.25) is 0 Å². The van der Waals surface area contributed by atoms with Crippen LogP contribution in [0.25, 0.3) is 0 Å². The van der Waals surface area contributed by atoms with Crippen LogP contribution in [0.5, 0.6) is 0 Å². The highest BCUT2D eigenvalue weighted by atomic mass is 16.7. The van der Waals surface area contributed by atoms with Crippen LogP contribution in [0.1, 0.15) is 6.42 Å². The van der Waals surface area contributed by atoms with Gasteiger partial charge in [-0.1, -0.05) is 0 Å². The Morgan fingerprint density at radius 3 is 2.86 bits per heavy atom. The first-order valence-electron chi connectivity index (χ1n) is 4.98. The van der Waals surface area contributed by atoms with Crippen molar-refractivity contribution in [2.24, 2.45) is 5.92 Å². The Labute approximate surface area is 83.3 Å².